The number of hydrogen-bond acceptors (Lipinski definition) is 3. The minimum Gasteiger partial charge on any atom is -0.326 e. The molecular weight excluding hydrogens is 267 g/mol. The molecule has 1 unspecified atom stereocenters. The van der Waals surface area contributed by atoms with E-state index >= 15 is 0 Å². The van der Waals surface area contributed by atoms with Crippen LogP contribution in [0.2, 0.25) is 0 Å². The molecule has 1 saturated carbocycles. The second kappa shape index (κ2) is 5.19. The summed E-state index contributed by atoms with van der Waals surface area (Å²) < 4.78 is 39.7. The number of hydrogen-bond donors (Lipinski definition) is 1. The number of benzene rings is 1. The Balaban J connectivity index is 2.40. The van der Waals surface area contributed by atoms with Gasteiger partial charge in [-0.15, -0.1) is 0 Å². The molecule has 0 radical (unpaired) electrons. The van der Waals surface area contributed by atoms with Gasteiger partial charge < -0.3 is 5.73 Å². The van der Waals surface area contributed by atoms with Crippen molar-refractivity contribution in [1.29, 1.82) is 0 Å². The van der Waals surface area contributed by atoms with E-state index in [0.29, 0.717) is 11.5 Å². The van der Waals surface area contributed by atoms with Crippen molar-refractivity contribution in [3.05, 3.63) is 29.6 Å². The molecule has 1 aromatic carbocycles. The summed E-state index contributed by atoms with van der Waals surface area (Å²) in [5, 5.41) is 0. The maximum absolute atomic E-state index is 13.3. The van der Waals surface area contributed by atoms with Crippen LogP contribution in [0.3, 0.4) is 0 Å². The molecule has 0 saturated heterocycles. The molecule has 1 aromatic rings. The quantitative estimate of drug-likeness (QED) is 0.896. The molecule has 1 atom stereocenters. The monoisotopic (exact) mass is 286 g/mol. The Morgan fingerprint density at radius 3 is 2.63 bits per heavy atom. The minimum atomic E-state index is -3.70. The summed E-state index contributed by atoms with van der Waals surface area (Å²) in [6, 6.07) is 3.63. The molecule has 0 spiro atoms. The van der Waals surface area contributed by atoms with Gasteiger partial charge in [-0.3, -0.25) is 0 Å². The summed E-state index contributed by atoms with van der Waals surface area (Å²) >= 11 is 0. The SMILES string of the molecule is CC(C1CC1)N(C)S(=O)(=O)c1cc(F)ccc1CN. The highest BCUT2D eigenvalue weighted by Gasteiger charge is 2.36. The van der Waals surface area contributed by atoms with E-state index in [0.717, 1.165) is 18.9 Å². The first-order chi connectivity index (χ1) is 8.87. The first kappa shape index (κ1) is 14.4. The van der Waals surface area contributed by atoms with E-state index in [1.807, 2.05) is 6.92 Å². The van der Waals surface area contributed by atoms with Crippen molar-refractivity contribution >= 4 is 10.0 Å². The van der Waals surface area contributed by atoms with Gasteiger partial charge in [0.2, 0.25) is 10.0 Å². The van der Waals surface area contributed by atoms with Crippen LogP contribution in [0, 0.1) is 11.7 Å². The Morgan fingerprint density at radius 2 is 2.11 bits per heavy atom. The van der Waals surface area contributed by atoms with Crippen molar-refractivity contribution in [1.82, 2.24) is 4.31 Å². The van der Waals surface area contributed by atoms with E-state index in [4.69, 9.17) is 5.73 Å². The van der Waals surface area contributed by atoms with E-state index in [1.165, 1.54) is 16.4 Å². The van der Waals surface area contributed by atoms with Gasteiger partial charge in [0.05, 0.1) is 4.90 Å². The number of nitrogens with two attached hydrogens (primary N) is 1. The lowest BCUT2D eigenvalue weighted by Crippen LogP contribution is -2.37. The predicted molar refractivity (Wildman–Crippen MR) is 71.4 cm³/mol. The topological polar surface area (TPSA) is 63.4 Å². The summed E-state index contributed by atoms with van der Waals surface area (Å²) in [7, 11) is -2.15. The van der Waals surface area contributed by atoms with Crippen LogP contribution in [0.5, 0.6) is 0 Å². The Labute approximate surface area is 113 Å². The van der Waals surface area contributed by atoms with E-state index in [2.05, 4.69) is 0 Å². The third-order valence-corrected chi connectivity index (χ3v) is 5.81. The van der Waals surface area contributed by atoms with Crippen LogP contribution in [-0.4, -0.2) is 25.8 Å². The van der Waals surface area contributed by atoms with E-state index in [-0.39, 0.29) is 17.5 Å². The zero-order chi connectivity index (χ0) is 14.2. The van der Waals surface area contributed by atoms with Crippen LogP contribution in [0.1, 0.15) is 25.3 Å². The largest absolute Gasteiger partial charge is 0.326 e. The second-order valence-corrected chi connectivity index (χ2v) is 7.02. The Bertz CT molecular complexity index is 570. The van der Waals surface area contributed by atoms with Crippen molar-refractivity contribution in [2.75, 3.05) is 7.05 Å². The fourth-order valence-corrected chi connectivity index (χ4v) is 3.85. The van der Waals surface area contributed by atoms with Gasteiger partial charge >= 0.3 is 0 Å². The van der Waals surface area contributed by atoms with Gasteiger partial charge in [0.25, 0.3) is 0 Å². The molecule has 6 heteroatoms. The van der Waals surface area contributed by atoms with Crippen LogP contribution in [0.25, 0.3) is 0 Å². The lowest BCUT2D eigenvalue weighted by atomic mass is 10.2. The van der Waals surface area contributed by atoms with Crippen LogP contribution in [0.15, 0.2) is 23.1 Å². The molecular formula is C13H19FN2O2S. The van der Waals surface area contributed by atoms with Crippen LogP contribution in [-0.2, 0) is 16.6 Å². The number of nitrogens with zero attached hydrogens (tertiary/aromatic N) is 1. The maximum Gasteiger partial charge on any atom is 0.243 e. The molecule has 0 aliphatic heterocycles. The first-order valence-electron chi connectivity index (χ1n) is 6.34. The molecule has 4 nitrogen and oxygen atoms in total. The molecule has 2 N–H and O–H groups in total. The molecule has 1 aliphatic rings. The van der Waals surface area contributed by atoms with E-state index < -0.39 is 15.8 Å². The molecule has 2 rings (SSSR count). The summed E-state index contributed by atoms with van der Waals surface area (Å²) in [5.41, 5.74) is 5.98. The van der Waals surface area contributed by atoms with Gasteiger partial charge in [-0.1, -0.05) is 6.07 Å². The molecule has 19 heavy (non-hydrogen) atoms. The van der Waals surface area contributed by atoms with Gasteiger partial charge in [0, 0.05) is 19.6 Å². The van der Waals surface area contributed by atoms with E-state index in [9.17, 15) is 12.8 Å². The third-order valence-electron chi connectivity index (χ3n) is 3.78. The van der Waals surface area contributed by atoms with Gasteiger partial charge in [-0.2, -0.15) is 4.31 Å². The normalized spacial score (nSPS) is 17.7. The van der Waals surface area contributed by atoms with Crippen molar-refractivity contribution < 1.29 is 12.8 Å². The zero-order valence-electron chi connectivity index (χ0n) is 11.1. The Hall–Kier alpha value is -0.980. The van der Waals surface area contributed by atoms with Crippen LogP contribution >= 0.6 is 0 Å². The molecule has 106 valence electrons. The highest BCUT2D eigenvalue weighted by molar-refractivity contribution is 7.89. The van der Waals surface area contributed by atoms with Crippen LogP contribution in [0.4, 0.5) is 4.39 Å². The highest BCUT2D eigenvalue weighted by Crippen LogP contribution is 2.36. The van der Waals surface area contributed by atoms with Crippen molar-refractivity contribution in [2.45, 2.75) is 37.2 Å². The minimum absolute atomic E-state index is 0.0231. The highest BCUT2D eigenvalue weighted by atomic mass is 32.2. The molecule has 0 bridgehead atoms. The molecule has 1 fully saturated rings. The summed E-state index contributed by atoms with van der Waals surface area (Å²) in [4.78, 5) is -0.0231. The molecule has 0 aromatic heterocycles. The Morgan fingerprint density at radius 1 is 1.47 bits per heavy atom. The maximum atomic E-state index is 13.3. The van der Waals surface area contributed by atoms with Gasteiger partial charge in [0.15, 0.2) is 0 Å². The smallest absolute Gasteiger partial charge is 0.243 e. The molecule has 0 amide bonds. The average Bonchev–Trinajstić information content (AvgIpc) is 3.21. The second-order valence-electron chi connectivity index (χ2n) is 5.06. The molecule has 0 heterocycles. The summed E-state index contributed by atoms with van der Waals surface area (Å²) in [6.45, 7) is 1.96. The predicted octanol–water partition coefficient (Wildman–Crippen LogP) is 1.70. The van der Waals surface area contributed by atoms with E-state index in [1.54, 1.807) is 7.05 Å². The number of sulfonamides is 1. The average molecular weight is 286 g/mol. The first-order valence-corrected chi connectivity index (χ1v) is 7.78. The standard InChI is InChI=1S/C13H19FN2O2S/c1-9(10-3-4-10)16(2)19(17,18)13-7-12(14)6-5-11(13)8-15/h5-7,9-10H,3-4,8,15H2,1-2H3. The lowest BCUT2D eigenvalue weighted by Gasteiger charge is -2.25. The zero-order valence-corrected chi connectivity index (χ0v) is 12.0. The van der Waals surface area contributed by atoms with Gasteiger partial charge in [-0.05, 0) is 43.4 Å². The fraction of sp³-hybridized carbons (Fsp3) is 0.538. The van der Waals surface area contributed by atoms with Crippen molar-refractivity contribution in [3.63, 3.8) is 0 Å². The number of halogens is 1. The van der Waals surface area contributed by atoms with Gasteiger partial charge in [-0.25, -0.2) is 12.8 Å². The Kier molecular flexibility index (Phi) is 3.94. The fourth-order valence-electron chi connectivity index (χ4n) is 2.19. The third kappa shape index (κ3) is 2.80. The molecule has 1 aliphatic carbocycles. The van der Waals surface area contributed by atoms with Crippen molar-refractivity contribution in [2.24, 2.45) is 11.7 Å². The van der Waals surface area contributed by atoms with Gasteiger partial charge in [0.1, 0.15) is 5.82 Å². The summed E-state index contributed by atoms with van der Waals surface area (Å²) in [5.74, 6) is -0.155. The number of rotatable bonds is 5. The lowest BCUT2D eigenvalue weighted by molar-refractivity contribution is 0.356. The van der Waals surface area contributed by atoms with Crippen molar-refractivity contribution in [3.8, 4) is 0 Å². The van der Waals surface area contributed by atoms with Crippen LogP contribution < -0.4 is 5.73 Å². The summed E-state index contributed by atoms with van der Waals surface area (Å²) in [6.07, 6.45) is 2.10.